The van der Waals surface area contributed by atoms with Gasteiger partial charge in [-0.2, -0.15) is 11.8 Å². The van der Waals surface area contributed by atoms with Crippen LogP contribution in [0.5, 0.6) is 0 Å². The Kier molecular flexibility index (Phi) is 7.84. The van der Waals surface area contributed by atoms with E-state index in [2.05, 4.69) is 5.32 Å². The number of carbonyl (C=O) groups is 2. The molecular weight excluding hydrogens is 292 g/mol. The van der Waals surface area contributed by atoms with Crippen LogP contribution in [0.25, 0.3) is 0 Å². The highest BCUT2D eigenvalue weighted by molar-refractivity contribution is 7.98. The molecule has 1 atom stereocenters. The number of aliphatic carboxylic acids is 1. The van der Waals surface area contributed by atoms with Gasteiger partial charge in [0.05, 0.1) is 5.75 Å². The van der Waals surface area contributed by atoms with Crippen molar-refractivity contribution in [2.45, 2.75) is 12.5 Å². The first-order valence-electron chi connectivity index (χ1n) is 5.58. The average Bonchev–Trinajstić information content (AvgIpc) is 2.29. The van der Waals surface area contributed by atoms with Crippen LogP contribution in [0, 0.1) is 0 Å². The summed E-state index contributed by atoms with van der Waals surface area (Å²) in [5.74, 6) is -0.636. The van der Waals surface area contributed by atoms with Gasteiger partial charge in [-0.05, 0) is 18.4 Å². The van der Waals surface area contributed by atoms with Crippen molar-refractivity contribution in [1.82, 2.24) is 10.2 Å². The lowest BCUT2D eigenvalue weighted by Crippen LogP contribution is -2.47. The molecule has 0 aromatic carbocycles. The summed E-state index contributed by atoms with van der Waals surface area (Å²) in [5, 5.41) is 11.3. The minimum absolute atomic E-state index is 0.0273. The van der Waals surface area contributed by atoms with Gasteiger partial charge in [0.25, 0.3) is 0 Å². The smallest absolute Gasteiger partial charge is 0.326 e. The number of thioether (sulfide) groups is 1. The maximum Gasteiger partial charge on any atom is 0.326 e. The number of nitrogens with one attached hydrogen (secondary N) is 1. The van der Waals surface area contributed by atoms with Crippen LogP contribution in [0.15, 0.2) is 0 Å². The number of sulfone groups is 1. The van der Waals surface area contributed by atoms with E-state index in [0.717, 1.165) is 11.2 Å². The molecular formula is C10H20N2O5S2. The monoisotopic (exact) mass is 312 g/mol. The molecule has 0 rings (SSSR count). The van der Waals surface area contributed by atoms with Crippen LogP contribution >= 0.6 is 11.8 Å². The molecule has 0 radical (unpaired) electrons. The van der Waals surface area contributed by atoms with Crippen LogP contribution in [0.4, 0.5) is 4.79 Å². The van der Waals surface area contributed by atoms with Crippen molar-refractivity contribution in [3.05, 3.63) is 0 Å². The average molecular weight is 312 g/mol. The number of carboxylic acid groups (broad SMARTS) is 1. The van der Waals surface area contributed by atoms with E-state index in [1.807, 2.05) is 6.26 Å². The van der Waals surface area contributed by atoms with Crippen molar-refractivity contribution in [2.24, 2.45) is 0 Å². The first kappa shape index (κ1) is 18.0. The Morgan fingerprint density at radius 3 is 2.42 bits per heavy atom. The van der Waals surface area contributed by atoms with Gasteiger partial charge in [-0.1, -0.05) is 0 Å². The molecule has 0 heterocycles. The van der Waals surface area contributed by atoms with Crippen LogP contribution in [0.3, 0.4) is 0 Å². The Labute approximate surface area is 117 Å². The molecule has 0 saturated heterocycles. The second-order valence-electron chi connectivity index (χ2n) is 4.17. The van der Waals surface area contributed by atoms with Gasteiger partial charge < -0.3 is 15.3 Å². The molecule has 0 saturated carbocycles. The quantitative estimate of drug-likeness (QED) is 0.647. The number of carbonyl (C=O) groups excluding carboxylic acids is 1. The molecule has 2 N–H and O–H groups in total. The molecule has 0 aromatic heterocycles. The Bertz CT molecular complexity index is 410. The molecule has 0 aliphatic rings. The summed E-state index contributed by atoms with van der Waals surface area (Å²) in [4.78, 5) is 23.8. The molecule has 0 aromatic rings. The highest BCUT2D eigenvalue weighted by atomic mass is 32.2. The third-order valence-corrected chi connectivity index (χ3v) is 3.92. The van der Waals surface area contributed by atoms with Gasteiger partial charge in [0.2, 0.25) is 0 Å². The zero-order chi connectivity index (χ0) is 15.1. The van der Waals surface area contributed by atoms with Gasteiger partial charge in [0, 0.05) is 19.8 Å². The fourth-order valence-corrected chi connectivity index (χ4v) is 2.23. The predicted octanol–water partition coefficient (Wildman–Crippen LogP) is -0.121. The van der Waals surface area contributed by atoms with Crippen molar-refractivity contribution in [2.75, 3.05) is 37.6 Å². The molecule has 0 aliphatic carbocycles. The van der Waals surface area contributed by atoms with Crippen LogP contribution in [0.2, 0.25) is 0 Å². The maximum absolute atomic E-state index is 11.7. The Balaban J connectivity index is 4.34. The van der Waals surface area contributed by atoms with E-state index in [1.54, 1.807) is 0 Å². The van der Waals surface area contributed by atoms with Crippen LogP contribution in [0.1, 0.15) is 6.42 Å². The lowest BCUT2D eigenvalue weighted by molar-refractivity contribution is -0.139. The first-order valence-corrected chi connectivity index (χ1v) is 9.04. The van der Waals surface area contributed by atoms with Crippen LogP contribution < -0.4 is 5.32 Å². The lowest BCUT2D eigenvalue weighted by atomic mass is 10.2. The second kappa shape index (κ2) is 8.26. The van der Waals surface area contributed by atoms with Crippen LogP contribution in [-0.2, 0) is 14.6 Å². The first-order chi connectivity index (χ1) is 8.67. The van der Waals surface area contributed by atoms with Crippen molar-refractivity contribution < 1.29 is 23.1 Å². The molecule has 2 amide bonds. The minimum Gasteiger partial charge on any atom is -0.480 e. The molecule has 0 aliphatic heterocycles. The summed E-state index contributed by atoms with van der Waals surface area (Å²) in [6.45, 7) is 0.0273. The van der Waals surface area contributed by atoms with Gasteiger partial charge in [-0.3, -0.25) is 0 Å². The topological polar surface area (TPSA) is 104 Å². The number of carboxylic acids is 1. The second-order valence-corrected chi connectivity index (χ2v) is 7.42. The van der Waals surface area contributed by atoms with Gasteiger partial charge in [0.1, 0.15) is 15.9 Å². The summed E-state index contributed by atoms with van der Waals surface area (Å²) < 4.78 is 21.9. The van der Waals surface area contributed by atoms with E-state index >= 15 is 0 Å². The number of urea groups is 1. The van der Waals surface area contributed by atoms with Gasteiger partial charge >= 0.3 is 12.0 Å². The van der Waals surface area contributed by atoms with Crippen molar-refractivity contribution in [3.8, 4) is 0 Å². The van der Waals surface area contributed by atoms with Crippen molar-refractivity contribution in [1.29, 1.82) is 0 Å². The van der Waals surface area contributed by atoms with E-state index in [4.69, 9.17) is 5.11 Å². The number of nitrogens with zero attached hydrogens (tertiary/aromatic N) is 1. The largest absolute Gasteiger partial charge is 0.480 e. The molecule has 0 spiro atoms. The maximum atomic E-state index is 11.7. The Hall–Kier alpha value is -0.960. The fourth-order valence-electron chi connectivity index (χ4n) is 1.16. The van der Waals surface area contributed by atoms with Gasteiger partial charge in [-0.15, -0.1) is 0 Å². The molecule has 19 heavy (non-hydrogen) atoms. The Morgan fingerprint density at radius 1 is 1.42 bits per heavy atom. The van der Waals surface area contributed by atoms with E-state index in [9.17, 15) is 18.0 Å². The van der Waals surface area contributed by atoms with Crippen LogP contribution in [-0.4, -0.2) is 74.1 Å². The van der Waals surface area contributed by atoms with Crippen molar-refractivity contribution in [3.63, 3.8) is 0 Å². The Morgan fingerprint density at radius 2 is 2.00 bits per heavy atom. The predicted molar refractivity (Wildman–Crippen MR) is 75.3 cm³/mol. The van der Waals surface area contributed by atoms with E-state index < -0.39 is 27.9 Å². The number of rotatable bonds is 8. The zero-order valence-electron chi connectivity index (χ0n) is 11.2. The molecule has 0 unspecified atom stereocenters. The highest BCUT2D eigenvalue weighted by Crippen LogP contribution is 2.02. The van der Waals surface area contributed by atoms with E-state index in [1.165, 1.54) is 18.8 Å². The summed E-state index contributed by atoms with van der Waals surface area (Å²) in [6.07, 6.45) is 3.25. The van der Waals surface area contributed by atoms with Gasteiger partial charge in [-0.25, -0.2) is 18.0 Å². The highest BCUT2D eigenvalue weighted by Gasteiger charge is 2.21. The zero-order valence-corrected chi connectivity index (χ0v) is 12.9. The summed E-state index contributed by atoms with van der Waals surface area (Å²) in [5.41, 5.74) is 0. The summed E-state index contributed by atoms with van der Waals surface area (Å²) in [6, 6.07) is -1.54. The van der Waals surface area contributed by atoms with E-state index in [0.29, 0.717) is 12.2 Å². The molecule has 112 valence electrons. The lowest BCUT2D eigenvalue weighted by Gasteiger charge is -2.21. The molecule has 7 nitrogen and oxygen atoms in total. The number of hydrogen-bond acceptors (Lipinski definition) is 5. The van der Waals surface area contributed by atoms with Crippen molar-refractivity contribution >= 4 is 33.6 Å². The summed E-state index contributed by atoms with van der Waals surface area (Å²) >= 11 is 1.49. The van der Waals surface area contributed by atoms with Gasteiger partial charge in [0.15, 0.2) is 0 Å². The number of hydrogen-bond donors (Lipinski definition) is 2. The summed E-state index contributed by atoms with van der Waals surface area (Å²) in [7, 11) is -1.73. The normalized spacial score (nSPS) is 12.8. The standard InChI is InChI=1S/C10H20N2O5S2/c1-12(5-7-19(3,16)17)10(15)11-8(9(13)14)4-6-18-2/h8H,4-7H2,1-3H3,(H,11,15)(H,13,14)/t8-/m1/s1. The SMILES string of the molecule is CSCC[C@@H](NC(=O)N(C)CCS(C)(=O)=O)C(=O)O. The molecule has 9 heteroatoms. The molecule has 0 fully saturated rings. The fraction of sp³-hybridized carbons (Fsp3) is 0.800. The minimum atomic E-state index is -3.15. The third-order valence-electron chi connectivity index (χ3n) is 2.35. The number of amides is 2. The third kappa shape index (κ3) is 8.71. The molecule has 0 bridgehead atoms. The van der Waals surface area contributed by atoms with E-state index in [-0.39, 0.29) is 12.3 Å².